The zero-order valence-corrected chi connectivity index (χ0v) is 6.56. The van der Waals surface area contributed by atoms with Gasteiger partial charge in [-0.3, -0.25) is 0 Å². The van der Waals surface area contributed by atoms with Crippen molar-refractivity contribution in [2.45, 2.75) is 38.3 Å². The lowest BCUT2D eigenvalue weighted by atomic mass is 10.1. The highest BCUT2D eigenvalue weighted by Crippen LogP contribution is 2.16. The van der Waals surface area contributed by atoms with Gasteiger partial charge in [-0.05, 0) is 19.3 Å². The summed E-state index contributed by atoms with van der Waals surface area (Å²) in [5.41, 5.74) is 6.35. The molecule has 1 fully saturated rings. The molecule has 0 bridgehead atoms. The van der Waals surface area contributed by atoms with Crippen LogP contribution in [0.5, 0.6) is 0 Å². The molecule has 1 aliphatic heterocycles. The van der Waals surface area contributed by atoms with Crippen LogP contribution >= 0.6 is 0 Å². The van der Waals surface area contributed by atoms with E-state index in [0.717, 1.165) is 12.1 Å². The summed E-state index contributed by atoms with van der Waals surface area (Å²) in [6, 6.07) is 1.05. The van der Waals surface area contributed by atoms with E-state index in [0.29, 0.717) is 12.1 Å². The van der Waals surface area contributed by atoms with E-state index in [1.54, 1.807) is 0 Å². The van der Waals surface area contributed by atoms with Gasteiger partial charge in [0.1, 0.15) is 0 Å². The van der Waals surface area contributed by atoms with Crippen LogP contribution in [0.1, 0.15) is 26.2 Å². The van der Waals surface area contributed by atoms with Crippen LogP contribution in [0.2, 0.25) is 0 Å². The van der Waals surface area contributed by atoms with Gasteiger partial charge in [-0.15, -0.1) is 0 Å². The third-order valence-electron chi connectivity index (χ3n) is 2.18. The smallest absolute Gasteiger partial charge is 0.0464 e. The lowest BCUT2D eigenvalue weighted by molar-refractivity contribution is 0.555. The monoisotopic (exact) mass is 140 g/mol. The van der Waals surface area contributed by atoms with Crippen molar-refractivity contribution in [2.24, 2.45) is 5.73 Å². The van der Waals surface area contributed by atoms with E-state index in [4.69, 9.17) is 5.73 Å². The number of hydrogen-bond donors (Lipinski definition) is 2. The summed E-state index contributed by atoms with van der Waals surface area (Å²) in [7, 11) is 0. The molecule has 0 aliphatic carbocycles. The standard InChI is InChI=1S/C8H16N2/c1-3-7-4-5-8(10-7)6(2)9/h7-8,10H,2-5,9H2,1H3. The van der Waals surface area contributed by atoms with Gasteiger partial charge in [0.2, 0.25) is 0 Å². The highest BCUT2D eigenvalue weighted by molar-refractivity contribution is 5.04. The maximum absolute atomic E-state index is 5.56. The van der Waals surface area contributed by atoms with Gasteiger partial charge in [0.15, 0.2) is 0 Å². The van der Waals surface area contributed by atoms with Crippen molar-refractivity contribution >= 4 is 0 Å². The molecule has 0 spiro atoms. The van der Waals surface area contributed by atoms with E-state index >= 15 is 0 Å². The predicted octanol–water partition coefficient (Wildman–Crippen LogP) is 0.989. The molecule has 1 saturated heterocycles. The minimum absolute atomic E-state index is 0.380. The number of hydrogen-bond acceptors (Lipinski definition) is 2. The van der Waals surface area contributed by atoms with Crippen molar-refractivity contribution < 1.29 is 0 Å². The Balaban J connectivity index is 2.35. The molecule has 1 aliphatic rings. The van der Waals surface area contributed by atoms with Gasteiger partial charge in [0.25, 0.3) is 0 Å². The molecule has 1 heterocycles. The largest absolute Gasteiger partial charge is 0.401 e. The highest BCUT2D eigenvalue weighted by Gasteiger charge is 2.22. The highest BCUT2D eigenvalue weighted by atomic mass is 15.0. The molecular formula is C8H16N2. The Kier molecular flexibility index (Phi) is 2.33. The van der Waals surface area contributed by atoms with Crippen LogP contribution in [0.4, 0.5) is 0 Å². The van der Waals surface area contributed by atoms with E-state index in [9.17, 15) is 0 Å². The molecule has 0 aromatic rings. The molecule has 58 valence electrons. The molecule has 0 saturated carbocycles. The van der Waals surface area contributed by atoms with Crippen LogP contribution < -0.4 is 11.1 Å². The zero-order valence-electron chi connectivity index (χ0n) is 6.56. The van der Waals surface area contributed by atoms with Crippen LogP contribution in [-0.4, -0.2) is 12.1 Å². The Hall–Kier alpha value is -0.500. The first-order valence-electron chi connectivity index (χ1n) is 3.94. The third-order valence-corrected chi connectivity index (χ3v) is 2.18. The lowest BCUT2D eigenvalue weighted by Gasteiger charge is -2.11. The minimum Gasteiger partial charge on any atom is -0.401 e. The summed E-state index contributed by atoms with van der Waals surface area (Å²) in [6.07, 6.45) is 3.61. The lowest BCUT2D eigenvalue weighted by Crippen LogP contribution is -2.32. The zero-order chi connectivity index (χ0) is 7.56. The van der Waals surface area contributed by atoms with Gasteiger partial charge in [-0.2, -0.15) is 0 Å². The third kappa shape index (κ3) is 1.51. The summed E-state index contributed by atoms with van der Waals surface area (Å²) in [5, 5.41) is 3.42. The second-order valence-electron chi connectivity index (χ2n) is 2.98. The van der Waals surface area contributed by atoms with Gasteiger partial charge < -0.3 is 11.1 Å². The Morgan fingerprint density at radius 2 is 2.40 bits per heavy atom. The van der Waals surface area contributed by atoms with Gasteiger partial charge >= 0.3 is 0 Å². The summed E-state index contributed by atoms with van der Waals surface area (Å²) in [4.78, 5) is 0. The fraction of sp³-hybridized carbons (Fsp3) is 0.750. The van der Waals surface area contributed by atoms with Gasteiger partial charge in [-0.1, -0.05) is 13.5 Å². The van der Waals surface area contributed by atoms with Gasteiger partial charge in [0, 0.05) is 17.8 Å². The van der Waals surface area contributed by atoms with Crippen LogP contribution in [0.25, 0.3) is 0 Å². The number of rotatable bonds is 2. The molecule has 0 aromatic heterocycles. The molecule has 2 atom stereocenters. The Bertz CT molecular complexity index is 131. The van der Waals surface area contributed by atoms with E-state index in [1.807, 2.05) is 0 Å². The van der Waals surface area contributed by atoms with Crippen molar-refractivity contribution in [2.75, 3.05) is 0 Å². The Morgan fingerprint density at radius 3 is 2.70 bits per heavy atom. The first kappa shape index (κ1) is 7.61. The summed E-state index contributed by atoms with van der Waals surface area (Å²) in [6.45, 7) is 5.91. The van der Waals surface area contributed by atoms with E-state index in [2.05, 4.69) is 18.8 Å². The Labute approximate surface area is 62.5 Å². The minimum atomic E-state index is 0.380. The van der Waals surface area contributed by atoms with Gasteiger partial charge in [-0.25, -0.2) is 0 Å². The van der Waals surface area contributed by atoms with Crippen LogP contribution in [0, 0.1) is 0 Å². The topological polar surface area (TPSA) is 38.0 Å². The molecule has 2 nitrogen and oxygen atoms in total. The number of nitrogens with one attached hydrogen (secondary N) is 1. The Morgan fingerprint density at radius 1 is 1.70 bits per heavy atom. The van der Waals surface area contributed by atoms with Crippen LogP contribution in [0.3, 0.4) is 0 Å². The predicted molar refractivity (Wildman–Crippen MR) is 43.6 cm³/mol. The normalized spacial score (nSPS) is 32.5. The van der Waals surface area contributed by atoms with Crippen molar-refractivity contribution in [1.82, 2.24) is 5.32 Å². The van der Waals surface area contributed by atoms with Gasteiger partial charge in [0.05, 0.1) is 0 Å². The number of nitrogens with two attached hydrogens (primary N) is 1. The first-order chi connectivity index (χ1) is 4.74. The molecule has 1 rings (SSSR count). The van der Waals surface area contributed by atoms with Crippen molar-refractivity contribution in [1.29, 1.82) is 0 Å². The molecule has 0 amide bonds. The molecule has 2 heteroatoms. The first-order valence-corrected chi connectivity index (χ1v) is 3.94. The fourth-order valence-electron chi connectivity index (χ4n) is 1.43. The second-order valence-corrected chi connectivity index (χ2v) is 2.98. The fourth-order valence-corrected chi connectivity index (χ4v) is 1.43. The SMILES string of the molecule is C=C(N)C1CCC(CC)N1. The molecule has 3 N–H and O–H groups in total. The van der Waals surface area contributed by atoms with Crippen LogP contribution in [-0.2, 0) is 0 Å². The molecule has 10 heavy (non-hydrogen) atoms. The van der Waals surface area contributed by atoms with E-state index < -0.39 is 0 Å². The van der Waals surface area contributed by atoms with E-state index in [1.165, 1.54) is 12.8 Å². The maximum atomic E-state index is 5.56. The van der Waals surface area contributed by atoms with Crippen molar-refractivity contribution in [3.63, 3.8) is 0 Å². The molecule has 0 radical (unpaired) electrons. The molecular weight excluding hydrogens is 124 g/mol. The summed E-state index contributed by atoms with van der Waals surface area (Å²) in [5.74, 6) is 0. The summed E-state index contributed by atoms with van der Waals surface area (Å²) < 4.78 is 0. The maximum Gasteiger partial charge on any atom is 0.0464 e. The molecule has 2 unspecified atom stereocenters. The van der Waals surface area contributed by atoms with E-state index in [-0.39, 0.29) is 0 Å². The second kappa shape index (κ2) is 3.06. The van der Waals surface area contributed by atoms with Crippen LogP contribution in [0.15, 0.2) is 12.3 Å². The quantitative estimate of drug-likeness (QED) is 0.600. The average molecular weight is 140 g/mol. The molecule has 0 aromatic carbocycles. The summed E-state index contributed by atoms with van der Waals surface area (Å²) >= 11 is 0. The van der Waals surface area contributed by atoms with Crippen molar-refractivity contribution in [3.05, 3.63) is 12.3 Å². The van der Waals surface area contributed by atoms with Crippen molar-refractivity contribution in [3.8, 4) is 0 Å². The average Bonchev–Trinajstić information content (AvgIpc) is 2.34.